The molecule has 5 rings (SSSR count). The Kier molecular flexibility index (Phi) is 6.82. The number of ether oxygens (including phenoxy) is 2. The fourth-order valence-electron chi connectivity index (χ4n) is 4.32. The molecule has 0 unspecified atom stereocenters. The van der Waals surface area contributed by atoms with Crippen molar-refractivity contribution in [1.29, 1.82) is 0 Å². The minimum atomic E-state index is -0.620. The molecule has 0 saturated carbocycles. The number of benzene rings is 1. The molecule has 3 aromatic heterocycles. The quantitative estimate of drug-likeness (QED) is 0.253. The number of fused-ring (bicyclic) bond motifs is 1. The van der Waals surface area contributed by atoms with Crippen LogP contribution in [0.3, 0.4) is 0 Å². The fourth-order valence-corrected chi connectivity index (χ4v) is 4.93. The Labute approximate surface area is 218 Å². The summed E-state index contributed by atoms with van der Waals surface area (Å²) in [6.07, 6.45) is 7.55. The highest BCUT2D eigenvalue weighted by atomic mass is 35.5. The molecule has 0 bridgehead atoms. The van der Waals surface area contributed by atoms with Gasteiger partial charge in [0.05, 0.1) is 30.3 Å². The summed E-state index contributed by atoms with van der Waals surface area (Å²) < 4.78 is 13.3. The zero-order chi connectivity index (χ0) is 25.4. The van der Waals surface area contributed by atoms with E-state index in [1.165, 1.54) is 11.8 Å². The smallest absolute Gasteiger partial charge is 0.260 e. The molecule has 0 amide bonds. The van der Waals surface area contributed by atoms with Crippen LogP contribution in [0.15, 0.2) is 52.8 Å². The normalized spacial score (nSPS) is 17.1. The number of thioether (sulfide) groups is 1. The van der Waals surface area contributed by atoms with Crippen LogP contribution in [0.1, 0.15) is 26.0 Å². The van der Waals surface area contributed by atoms with Gasteiger partial charge in [-0.05, 0) is 45.6 Å². The molecule has 0 aliphatic carbocycles. The van der Waals surface area contributed by atoms with Gasteiger partial charge in [0, 0.05) is 46.0 Å². The molecule has 1 fully saturated rings. The zero-order valence-electron chi connectivity index (χ0n) is 20.5. The minimum Gasteiger partial charge on any atom is -0.348 e. The number of hydrogen-bond acceptors (Lipinski definition) is 8. The van der Waals surface area contributed by atoms with Crippen molar-refractivity contribution in [2.75, 3.05) is 12.9 Å². The van der Waals surface area contributed by atoms with Crippen LogP contribution >= 0.6 is 23.4 Å². The molecule has 8 nitrogen and oxygen atoms in total. The Morgan fingerprint density at radius 1 is 1.17 bits per heavy atom. The SMILES string of the molecule is CSc1ncc2cc(-c3ccc(-c4cncc(C)n4)cc3Cl)c(=O)n(CC[C@H]3COC(C)(C)O3)c2n1. The van der Waals surface area contributed by atoms with E-state index < -0.39 is 5.79 Å². The lowest BCUT2D eigenvalue weighted by atomic mass is 10.0. The predicted molar refractivity (Wildman–Crippen MR) is 141 cm³/mol. The van der Waals surface area contributed by atoms with Crippen molar-refractivity contribution in [1.82, 2.24) is 24.5 Å². The van der Waals surface area contributed by atoms with Crippen LogP contribution in [0.4, 0.5) is 0 Å². The van der Waals surface area contributed by atoms with Crippen LogP contribution in [0.2, 0.25) is 5.02 Å². The van der Waals surface area contributed by atoms with Crippen molar-refractivity contribution in [3.63, 3.8) is 0 Å². The Bertz CT molecular complexity index is 1510. The average molecular weight is 524 g/mol. The first-order chi connectivity index (χ1) is 17.2. The zero-order valence-corrected chi connectivity index (χ0v) is 22.1. The summed E-state index contributed by atoms with van der Waals surface area (Å²) in [7, 11) is 0. The molecule has 186 valence electrons. The predicted octanol–water partition coefficient (Wildman–Crippen LogP) is 5.14. The molecule has 36 heavy (non-hydrogen) atoms. The maximum atomic E-state index is 13.8. The van der Waals surface area contributed by atoms with E-state index in [1.54, 1.807) is 23.2 Å². The van der Waals surface area contributed by atoms with Gasteiger partial charge in [0.15, 0.2) is 10.9 Å². The largest absolute Gasteiger partial charge is 0.348 e. The lowest BCUT2D eigenvalue weighted by Crippen LogP contribution is -2.27. The Balaban J connectivity index is 1.57. The van der Waals surface area contributed by atoms with E-state index in [9.17, 15) is 4.79 Å². The number of aromatic nitrogens is 5. The van der Waals surface area contributed by atoms with Gasteiger partial charge in [0.2, 0.25) is 0 Å². The minimum absolute atomic E-state index is 0.106. The average Bonchev–Trinajstić information content (AvgIpc) is 3.21. The van der Waals surface area contributed by atoms with Crippen LogP contribution < -0.4 is 5.56 Å². The van der Waals surface area contributed by atoms with Gasteiger partial charge in [-0.1, -0.05) is 35.5 Å². The van der Waals surface area contributed by atoms with E-state index in [4.69, 9.17) is 21.1 Å². The summed E-state index contributed by atoms with van der Waals surface area (Å²) >= 11 is 8.15. The number of aryl methyl sites for hydroxylation is 2. The standard InChI is InChI=1S/C26H26ClN5O3S/c1-15-11-28-13-22(30-15)16-5-6-19(21(27)10-16)20-9-17-12-29-25(36-4)31-23(17)32(24(20)33)8-7-18-14-34-26(2,3)35-18/h5-6,9-13,18H,7-8,14H2,1-4H3/t18-/m0/s1. The fraction of sp³-hybridized carbons (Fsp3) is 0.346. The third kappa shape index (κ3) is 5.01. The molecule has 10 heteroatoms. The molecule has 1 aliphatic rings. The van der Waals surface area contributed by atoms with Gasteiger partial charge in [-0.25, -0.2) is 15.0 Å². The van der Waals surface area contributed by atoms with Crippen LogP contribution in [0.5, 0.6) is 0 Å². The topological polar surface area (TPSA) is 92.0 Å². The lowest BCUT2D eigenvalue weighted by Gasteiger charge is -2.18. The van der Waals surface area contributed by atoms with Gasteiger partial charge in [0.1, 0.15) is 5.65 Å². The second-order valence-corrected chi connectivity index (χ2v) is 10.3. The third-order valence-electron chi connectivity index (χ3n) is 6.04. The van der Waals surface area contributed by atoms with Crippen LogP contribution in [-0.4, -0.2) is 49.3 Å². The number of hydrogen-bond donors (Lipinski definition) is 0. The van der Waals surface area contributed by atoms with E-state index in [2.05, 4.69) is 19.9 Å². The van der Waals surface area contributed by atoms with E-state index in [1.807, 2.05) is 51.3 Å². The molecular formula is C26H26ClN5O3S. The second-order valence-electron chi connectivity index (χ2n) is 9.13. The maximum absolute atomic E-state index is 13.8. The highest BCUT2D eigenvalue weighted by Gasteiger charge is 2.32. The summed E-state index contributed by atoms with van der Waals surface area (Å²) in [5.41, 5.74) is 3.90. The van der Waals surface area contributed by atoms with Crippen LogP contribution in [0, 0.1) is 6.92 Å². The molecule has 1 aliphatic heterocycles. The van der Waals surface area contributed by atoms with E-state index in [-0.39, 0.29) is 11.7 Å². The molecule has 1 saturated heterocycles. The van der Waals surface area contributed by atoms with Crippen LogP contribution in [0.25, 0.3) is 33.4 Å². The third-order valence-corrected chi connectivity index (χ3v) is 6.91. The Morgan fingerprint density at radius 3 is 2.69 bits per heavy atom. The first kappa shape index (κ1) is 24.8. The van der Waals surface area contributed by atoms with E-state index in [0.717, 1.165) is 22.3 Å². The van der Waals surface area contributed by atoms with Crippen molar-refractivity contribution in [2.45, 2.75) is 50.8 Å². The van der Waals surface area contributed by atoms with Crippen molar-refractivity contribution < 1.29 is 9.47 Å². The van der Waals surface area contributed by atoms with Gasteiger partial charge in [-0.2, -0.15) is 0 Å². The van der Waals surface area contributed by atoms with Gasteiger partial charge < -0.3 is 9.47 Å². The maximum Gasteiger partial charge on any atom is 0.260 e. The van der Waals surface area contributed by atoms with Crippen molar-refractivity contribution in [2.24, 2.45) is 0 Å². The number of rotatable bonds is 6. The summed E-state index contributed by atoms with van der Waals surface area (Å²) in [6.45, 7) is 6.58. The van der Waals surface area contributed by atoms with E-state index >= 15 is 0 Å². The van der Waals surface area contributed by atoms with Crippen molar-refractivity contribution >= 4 is 34.4 Å². The number of nitrogens with zero attached hydrogens (tertiary/aromatic N) is 5. The number of halogens is 1. The first-order valence-corrected chi connectivity index (χ1v) is 13.2. The summed E-state index contributed by atoms with van der Waals surface area (Å²) in [5.74, 6) is -0.620. The van der Waals surface area contributed by atoms with Gasteiger partial charge >= 0.3 is 0 Å². The molecule has 1 atom stereocenters. The molecule has 0 radical (unpaired) electrons. The second kappa shape index (κ2) is 9.89. The van der Waals surface area contributed by atoms with Gasteiger partial charge in [-0.3, -0.25) is 14.3 Å². The van der Waals surface area contributed by atoms with Crippen LogP contribution in [-0.2, 0) is 16.0 Å². The number of pyridine rings is 1. The Hall–Kier alpha value is -2.85. The molecule has 1 aromatic carbocycles. The van der Waals surface area contributed by atoms with Crippen molar-refractivity contribution in [3.05, 3.63) is 63.9 Å². The molecular weight excluding hydrogens is 498 g/mol. The Morgan fingerprint density at radius 2 is 2.00 bits per heavy atom. The van der Waals surface area contributed by atoms with Gasteiger partial charge in [0.25, 0.3) is 5.56 Å². The van der Waals surface area contributed by atoms with Gasteiger partial charge in [-0.15, -0.1) is 0 Å². The summed E-state index contributed by atoms with van der Waals surface area (Å²) in [5, 5.41) is 1.82. The highest BCUT2D eigenvalue weighted by molar-refractivity contribution is 7.98. The monoisotopic (exact) mass is 523 g/mol. The first-order valence-electron chi connectivity index (χ1n) is 11.6. The highest BCUT2D eigenvalue weighted by Crippen LogP contribution is 2.32. The molecule has 0 N–H and O–H groups in total. The molecule has 0 spiro atoms. The lowest BCUT2D eigenvalue weighted by molar-refractivity contribution is -0.139. The summed E-state index contributed by atoms with van der Waals surface area (Å²) in [4.78, 5) is 31.6. The van der Waals surface area contributed by atoms with Crippen molar-refractivity contribution in [3.8, 4) is 22.4 Å². The van der Waals surface area contributed by atoms with E-state index in [0.29, 0.717) is 46.5 Å². The molecule has 4 aromatic rings. The molecule has 4 heterocycles. The summed E-state index contributed by atoms with van der Waals surface area (Å²) in [6, 6.07) is 7.37.